The topological polar surface area (TPSA) is 63.6 Å². The monoisotopic (exact) mass is 268 g/mol. The van der Waals surface area contributed by atoms with Crippen LogP contribution < -0.4 is 0 Å². The lowest BCUT2D eigenvalue weighted by atomic mass is 10.4. The molecule has 1 N–H and O–H groups in total. The van der Waals surface area contributed by atoms with Gasteiger partial charge in [0.05, 0.1) is 6.61 Å². The van der Waals surface area contributed by atoms with E-state index in [1.807, 2.05) is 13.8 Å². The Morgan fingerprint density at radius 1 is 1.16 bits per heavy atom. The third-order valence-electron chi connectivity index (χ3n) is 1.43. The van der Waals surface area contributed by atoms with Gasteiger partial charge in [-0.05, 0) is 13.3 Å². The zero-order valence-electron chi connectivity index (χ0n) is 11.9. The molecule has 0 saturated heterocycles. The van der Waals surface area contributed by atoms with Crippen LogP contribution in [0.5, 0.6) is 0 Å². The molecule has 0 aliphatic carbocycles. The number of ether oxygens (including phenoxy) is 1. The molecule has 0 aliphatic rings. The minimum absolute atomic E-state index is 0.330. The quantitative estimate of drug-likeness (QED) is 0.346. The maximum absolute atomic E-state index is 10.3. The molecule has 0 aliphatic heterocycles. The van der Waals surface area contributed by atoms with Gasteiger partial charge >= 0.3 is 11.9 Å². The summed E-state index contributed by atoms with van der Waals surface area (Å²) in [6.45, 7) is 17.7. The lowest BCUT2D eigenvalue weighted by Crippen LogP contribution is -2.00. The van der Waals surface area contributed by atoms with Gasteiger partial charge in [-0.15, -0.1) is 0 Å². The summed E-state index contributed by atoms with van der Waals surface area (Å²) in [5.74, 6) is -1.31. The lowest BCUT2D eigenvalue weighted by molar-refractivity contribution is -0.137. The van der Waals surface area contributed by atoms with Crippen molar-refractivity contribution in [2.24, 2.45) is 0 Å². The molecule has 108 valence electrons. The molecular formula is C15H24O4. The predicted molar refractivity (Wildman–Crippen MR) is 78.9 cm³/mol. The zero-order valence-corrected chi connectivity index (χ0v) is 11.9. The van der Waals surface area contributed by atoms with E-state index in [1.165, 1.54) is 6.08 Å². The van der Waals surface area contributed by atoms with Crippen molar-refractivity contribution in [2.75, 3.05) is 6.61 Å². The fourth-order valence-corrected chi connectivity index (χ4v) is 0.376. The average Bonchev–Trinajstić information content (AvgIpc) is 2.40. The highest BCUT2D eigenvalue weighted by atomic mass is 16.5. The second-order valence-corrected chi connectivity index (χ2v) is 3.32. The van der Waals surface area contributed by atoms with Crippen LogP contribution in [0, 0.1) is 0 Å². The van der Waals surface area contributed by atoms with Crippen LogP contribution >= 0.6 is 0 Å². The maximum Gasteiger partial charge on any atom is 0.330 e. The van der Waals surface area contributed by atoms with E-state index in [0.717, 1.165) is 24.5 Å². The van der Waals surface area contributed by atoms with Crippen molar-refractivity contribution in [2.45, 2.75) is 26.7 Å². The number of carbonyl (C=O) groups excluding carboxylic acids is 1. The average molecular weight is 268 g/mol. The van der Waals surface area contributed by atoms with Crippen molar-refractivity contribution in [1.29, 1.82) is 0 Å². The van der Waals surface area contributed by atoms with Gasteiger partial charge in [-0.2, -0.15) is 0 Å². The largest absolute Gasteiger partial charge is 0.478 e. The fraction of sp³-hybridized carbons (Fsp3) is 0.333. The Morgan fingerprint density at radius 2 is 1.58 bits per heavy atom. The first-order chi connectivity index (χ1) is 8.85. The molecule has 0 saturated carbocycles. The maximum atomic E-state index is 10.3. The minimum Gasteiger partial charge on any atom is -0.478 e. The first-order valence-corrected chi connectivity index (χ1v) is 5.78. The van der Waals surface area contributed by atoms with Crippen LogP contribution in [0.3, 0.4) is 0 Å². The van der Waals surface area contributed by atoms with Crippen LogP contribution in [0.4, 0.5) is 0 Å². The van der Waals surface area contributed by atoms with Gasteiger partial charge in [-0.1, -0.05) is 51.3 Å². The van der Waals surface area contributed by atoms with E-state index < -0.39 is 5.97 Å². The Labute approximate surface area is 115 Å². The fourth-order valence-electron chi connectivity index (χ4n) is 0.376. The third kappa shape index (κ3) is 38.8. The van der Waals surface area contributed by atoms with E-state index >= 15 is 0 Å². The summed E-state index contributed by atoms with van der Waals surface area (Å²) in [5.41, 5.74) is 1.02. The number of unbranched alkanes of at least 4 members (excludes halogenated alkanes) is 1. The highest BCUT2D eigenvalue weighted by Crippen LogP contribution is 1.88. The minimum atomic E-state index is -0.981. The molecule has 4 nitrogen and oxygen atoms in total. The summed E-state index contributed by atoms with van der Waals surface area (Å²) in [5, 5.41) is 7.60. The number of aliphatic carboxylic acids is 1. The molecule has 0 amide bonds. The molecule has 0 bridgehead atoms. The Bertz CT molecular complexity index is 285. The van der Waals surface area contributed by atoms with Crippen LogP contribution in [-0.4, -0.2) is 23.7 Å². The molecule has 0 rings (SSSR count). The van der Waals surface area contributed by atoms with Gasteiger partial charge < -0.3 is 9.84 Å². The highest BCUT2D eigenvalue weighted by molar-refractivity contribution is 5.81. The Kier molecular flexibility index (Phi) is 21.3. The number of carbonyl (C=O) groups is 2. The Balaban J connectivity index is -0.000000219. The number of hydrogen-bond acceptors (Lipinski definition) is 3. The number of carboxylic acid groups (broad SMARTS) is 1. The third-order valence-corrected chi connectivity index (χ3v) is 1.43. The molecule has 0 aromatic carbocycles. The normalized spacial score (nSPS) is 7.47. The van der Waals surface area contributed by atoms with Crippen molar-refractivity contribution < 1.29 is 19.4 Å². The first kappa shape index (κ1) is 22.1. The Hall–Kier alpha value is -2.10. The number of allylic oxidation sites excluding steroid dienone is 2. The molecule has 4 heteroatoms. The summed E-state index contributed by atoms with van der Waals surface area (Å²) >= 11 is 0. The predicted octanol–water partition coefficient (Wildman–Crippen LogP) is 3.52. The van der Waals surface area contributed by atoms with Gasteiger partial charge in [0, 0.05) is 12.2 Å². The van der Waals surface area contributed by atoms with Crippen LogP contribution in [-0.2, 0) is 14.3 Å². The smallest absolute Gasteiger partial charge is 0.330 e. The van der Waals surface area contributed by atoms with E-state index in [4.69, 9.17) is 5.11 Å². The van der Waals surface area contributed by atoms with Crippen molar-refractivity contribution in [3.05, 3.63) is 50.1 Å². The molecule has 0 aromatic rings. The van der Waals surface area contributed by atoms with Crippen molar-refractivity contribution in [3.8, 4) is 0 Å². The van der Waals surface area contributed by atoms with Crippen LogP contribution in [0.1, 0.15) is 26.7 Å². The van der Waals surface area contributed by atoms with E-state index in [2.05, 4.69) is 31.1 Å². The van der Waals surface area contributed by atoms with E-state index in [1.54, 1.807) is 6.08 Å². The van der Waals surface area contributed by atoms with Crippen molar-refractivity contribution in [1.82, 2.24) is 0 Å². The number of esters is 1. The van der Waals surface area contributed by atoms with Gasteiger partial charge in [-0.25, -0.2) is 9.59 Å². The number of carboxylic acids is 1. The van der Waals surface area contributed by atoms with E-state index in [-0.39, 0.29) is 5.97 Å². The lowest BCUT2D eigenvalue weighted by Gasteiger charge is -1.97. The first-order valence-electron chi connectivity index (χ1n) is 5.78. The second-order valence-electron chi connectivity index (χ2n) is 3.32. The molecule has 0 heterocycles. The van der Waals surface area contributed by atoms with Crippen molar-refractivity contribution in [3.63, 3.8) is 0 Å². The summed E-state index contributed by atoms with van der Waals surface area (Å²) in [6.07, 6.45) is 5.71. The SMILES string of the molecule is C=CC(=C)C.C=CC(=O)O.C=CC(=O)OCCCC. The van der Waals surface area contributed by atoms with Crippen LogP contribution in [0.15, 0.2) is 50.1 Å². The molecule has 0 atom stereocenters. The summed E-state index contributed by atoms with van der Waals surface area (Å²) in [6, 6.07) is 0. The van der Waals surface area contributed by atoms with Gasteiger partial charge in [0.1, 0.15) is 0 Å². The summed E-state index contributed by atoms with van der Waals surface area (Å²) < 4.78 is 4.67. The molecule has 0 aromatic heterocycles. The van der Waals surface area contributed by atoms with Gasteiger partial charge in [0.15, 0.2) is 0 Å². The standard InChI is InChI=1S/C7H12O2.C5H8.C3H4O2/c1-3-5-6-9-7(8)4-2;1-4-5(2)3;1-2-3(4)5/h4H,2-3,5-6H2,1H3;4H,1-2H2,3H3;2H,1H2,(H,4,5). The van der Waals surface area contributed by atoms with Crippen molar-refractivity contribution >= 4 is 11.9 Å². The van der Waals surface area contributed by atoms with Gasteiger partial charge in [-0.3, -0.25) is 0 Å². The summed E-state index contributed by atoms with van der Waals surface area (Å²) in [7, 11) is 0. The number of hydrogen-bond donors (Lipinski definition) is 1. The molecule has 0 radical (unpaired) electrons. The van der Waals surface area contributed by atoms with Gasteiger partial charge in [0.25, 0.3) is 0 Å². The highest BCUT2D eigenvalue weighted by Gasteiger charge is 1.91. The van der Waals surface area contributed by atoms with Crippen LogP contribution in [0.25, 0.3) is 0 Å². The Morgan fingerprint density at radius 3 is 1.79 bits per heavy atom. The number of rotatable bonds is 6. The molecule has 0 fully saturated rings. The van der Waals surface area contributed by atoms with Crippen LogP contribution in [0.2, 0.25) is 0 Å². The molecule has 0 unspecified atom stereocenters. The molecule has 19 heavy (non-hydrogen) atoms. The van der Waals surface area contributed by atoms with Gasteiger partial charge in [0.2, 0.25) is 0 Å². The van der Waals surface area contributed by atoms with E-state index in [0.29, 0.717) is 6.61 Å². The summed E-state index contributed by atoms with van der Waals surface area (Å²) in [4.78, 5) is 19.6. The zero-order chi connectivity index (χ0) is 15.7. The molecular weight excluding hydrogens is 244 g/mol. The molecule has 0 spiro atoms. The second kappa shape index (κ2) is 18.3. The van der Waals surface area contributed by atoms with E-state index in [9.17, 15) is 9.59 Å².